The summed E-state index contributed by atoms with van der Waals surface area (Å²) in [6.07, 6.45) is 0.149. The van der Waals surface area contributed by atoms with Crippen LogP contribution in [0.1, 0.15) is 16.1 Å². The fraction of sp³-hybridized carbons (Fsp3) is 0.150. The number of thiophene rings is 1. The van der Waals surface area contributed by atoms with Gasteiger partial charge >= 0.3 is 5.97 Å². The summed E-state index contributed by atoms with van der Waals surface area (Å²) in [5.74, 6) is -1.18. The van der Waals surface area contributed by atoms with Gasteiger partial charge in [-0.1, -0.05) is 53.0 Å². The Morgan fingerprint density at radius 1 is 1.14 bits per heavy atom. The van der Waals surface area contributed by atoms with Crippen molar-refractivity contribution in [1.29, 1.82) is 5.26 Å². The largest absolute Gasteiger partial charge is 0.451 e. The maximum atomic E-state index is 12.6. The number of carbonyl (C=O) groups is 2. The van der Waals surface area contributed by atoms with Gasteiger partial charge in [0.1, 0.15) is 4.88 Å². The molecule has 5 nitrogen and oxygen atoms in total. The van der Waals surface area contributed by atoms with E-state index in [4.69, 9.17) is 44.8 Å². The number of fused-ring (bicyclic) bond motifs is 1. The Kier molecular flexibility index (Phi) is 6.99. The van der Waals surface area contributed by atoms with Crippen LogP contribution in [0.2, 0.25) is 15.1 Å². The van der Waals surface area contributed by atoms with Crippen LogP contribution in [0.15, 0.2) is 42.5 Å². The number of carbonyl (C=O) groups excluding carboxylic acids is 2. The van der Waals surface area contributed by atoms with E-state index in [0.29, 0.717) is 25.8 Å². The van der Waals surface area contributed by atoms with Gasteiger partial charge < -0.3 is 9.64 Å². The number of halogens is 3. The molecule has 0 N–H and O–H groups in total. The molecule has 2 aromatic carbocycles. The van der Waals surface area contributed by atoms with Crippen molar-refractivity contribution < 1.29 is 14.3 Å². The normalized spacial score (nSPS) is 10.6. The molecule has 1 heterocycles. The molecule has 1 aromatic heterocycles. The lowest BCUT2D eigenvalue weighted by Gasteiger charge is -2.21. The van der Waals surface area contributed by atoms with Crippen molar-refractivity contribution in [3.8, 4) is 6.07 Å². The first-order valence-corrected chi connectivity index (χ1v) is 10.3. The van der Waals surface area contributed by atoms with Crippen molar-refractivity contribution in [2.24, 2.45) is 0 Å². The maximum Gasteiger partial charge on any atom is 0.350 e. The van der Waals surface area contributed by atoms with Gasteiger partial charge in [-0.05, 0) is 24.3 Å². The van der Waals surface area contributed by atoms with Crippen LogP contribution in [-0.2, 0) is 9.53 Å². The molecule has 0 aliphatic rings. The predicted octanol–water partition coefficient (Wildman–Crippen LogP) is 5.97. The molecule has 0 saturated heterocycles. The second kappa shape index (κ2) is 9.47. The number of benzene rings is 2. The van der Waals surface area contributed by atoms with Crippen molar-refractivity contribution in [3.63, 3.8) is 0 Å². The van der Waals surface area contributed by atoms with Gasteiger partial charge in [-0.3, -0.25) is 4.79 Å². The summed E-state index contributed by atoms with van der Waals surface area (Å²) in [5, 5.41) is 10.3. The van der Waals surface area contributed by atoms with E-state index in [2.05, 4.69) is 0 Å². The van der Waals surface area contributed by atoms with Crippen molar-refractivity contribution in [2.45, 2.75) is 6.42 Å². The van der Waals surface area contributed by atoms with Gasteiger partial charge in [0, 0.05) is 27.3 Å². The van der Waals surface area contributed by atoms with Gasteiger partial charge in [0.05, 0.1) is 22.5 Å². The number of amides is 1. The van der Waals surface area contributed by atoms with Crippen LogP contribution in [0.25, 0.3) is 10.1 Å². The first kappa shape index (κ1) is 21.4. The van der Waals surface area contributed by atoms with Gasteiger partial charge in [-0.2, -0.15) is 5.26 Å². The maximum absolute atomic E-state index is 12.6. The number of hydrogen-bond donors (Lipinski definition) is 0. The average molecular weight is 468 g/mol. The van der Waals surface area contributed by atoms with Crippen LogP contribution in [0.4, 0.5) is 5.69 Å². The number of para-hydroxylation sites is 1. The van der Waals surface area contributed by atoms with Crippen LogP contribution >= 0.6 is 46.1 Å². The summed E-state index contributed by atoms with van der Waals surface area (Å²) in [5.41, 5.74) is 0.616. The van der Waals surface area contributed by atoms with E-state index < -0.39 is 18.5 Å². The fourth-order valence-electron chi connectivity index (χ4n) is 2.68. The van der Waals surface area contributed by atoms with Crippen LogP contribution in [0.3, 0.4) is 0 Å². The standard InChI is InChI=1S/C20H13Cl3N2O3S/c21-12-9-14(22)17-15(10-12)29-19(18(17)23)20(27)28-11-16(26)25(8-4-7-24)13-5-2-1-3-6-13/h1-3,5-6,9-10H,4,8,11H2. The number of nitrogens with zero attached hydrogens (tertiary/aromatic N) is 2. The second-order valence-corrected chi connectivity index (χ2v) is 8.14. The van der Waals surface area contributed by atoms with E-state index in [9.17, 15) is 9.59 Å². The zero-order valence-corrected chi connectivity index (χ0v) is 17.9. The molecule has 0 fully saturated rings. The van der Waals surface area contributed by atoms with E-state index in [0.717, 1.165) is 11.3 Å². The van der Waals surface area contributed by atoms with Gasteiger partial charge in [-0.25, -0.2) is 4.79 Å². The smallest absolute Gasteiger partial charge is 0.350 e. The quantitative estimate of drug-likeness (QED) is 0.419. The number of rotatable bonds is 6. The van der Waals surface area contributed by atoms with Crippen LogP contribution in [0.5, 0.6) is 0 Å². The average Bonchev–Trinajstić information content (AvgIpc) is 3.03. The molecule has 29 heavy (non-hydrogen) atoms. The first-order valence-electron chi connectivity index (χ1n) is 8.39. The van der Waals surface area contributed by atoms with Crippen molar-refractivity contribution >= 4 is 73.8 Å². The molecule has 0 aliphatic heterocycles. The fourth-order valence-corrected chi connectivity index (χ4v) is 4.94. The van der Waals surface area contributed by atoms with Gasteiger partial charge in [0.15, 0.2) is 6.61 Å². The highest BCUT2D eigenvalue weighted by molar-refractivity contribution is 7.21. The summed E-state index contributed by atoms with van der Waals surface area (Å²) in [6, 6.07) is 14.1. The Morgan fingerprint density at radius 2 is 1.86 bits per heavy atom. The van der Waals surface area contributed by atoms with Gasteiger partial charge in [0.2, 0.25) is 0 Å². The Bertz CT molecular complexity index is 1110. The third-order valence-corrected chi connectivity index (χ3v) is 6.10. The van der Waals surface area contributed by atoms with Crippen LogP contribution < -0.4 is 4.90 Å². The Morgan fingerprint density at radius 3 is 2.55 bits per heavy atom. The third kappa shape index (κ3) is 4.82. The summed E-state index contributed by atoms with van der Waals surface area (Å²) >= 11 is 19.6. The highest BCUT2D eigenvalue weighted by Gasteiger charge is 2.23. The SMILES string of the molecule is N#CCCN(C(=O)COC(=O)c1sc2cc(Cl)cc(Cl)c2c1Cl)c1ccccc1. The van der Waals surface area contributed by atoms with Gasteiger partial charge in [0.25, 0.3) is 5.91 Å². The van der Waals surface area contributed by atoms with Crippen LogP contribution in [-0.4, -0.2) is 25.0 Å². The minimum atomic E-state index is -0.731. The van der Waals surface area contributed by atoms with Crippen molar-refractivity contribution in [1.82, 2.24) is 0 Å². The Hall–Kier alpha value is -2.30. The van der Waals surface area contributed by atoms with Gasteiger partial charge in [-0.15, -0.1) is 11.3 Å². The molecule has 0 spiro atoms. The molecule has 0 bridgehead atoms. The molecule has 3 aromatic rings. The van der Waals surface area contributed by atoms with Crippen molar-refractivity contribution in [3.05, 3.63) is 62.4 Å². The zero-order valence-electron chi connectivity index (χ0n) is 14.8. The lowest BCUT2D eigenvalue weighted by atomic mass is 10.2. The van der Waals surface area contributed by atoms with E-state index in [1.54, 1.807) is 30.3 Å². The summed E-state index contributed by atoms with van der Waals surface area (Å²) in [7, 11) is 0. The Balaban J connectivity index is 1.76. The summed E-state index contributed by atoms with van der Waals surface area (Å²) in [4.78, 5) is 26.7. The van der Waals surface area contributed by atoms with E-state index in [1.807, 2.05) is 12.1 Å². The Labute approximate surface area is 185 Å². The molecular formula is C20H13Cl3N2O3S. The molecule has 0 unspecified atom stereocenters. The highest BCUT2D eigenvalue weighted by Crippen LogP contribution is 2.41. The molecule has 0 atom stereocenters. The second-order valence-electron chi connectivity index (χ2n) is 5.87. The number of ether oxygens (including phenoxy) is 1. The minimum absolute atomic E-state index is 0.141. The minimum Gasteiger partial charge on any atom is -0.451 e. The molecule has 1 amide bonds. The van der Waals surface area contributed by atoms with E-state index >= 15 is 0 Å². The summed E-state index contributed by atoms with van der Waals surface area (Å²) in [6.45, 7) is -0.299. The lowest BCUT2D eigenvalue weighted by molar-refractivity contribution is -0.121. The number of nitriles is 1. The zero-order chi connectivity index (χ0) is 21.0. The third-order valence-electron chi connectivity index (χ3n) is 3.98. The van der Waals surface area contributed by atoms with Crippen molar-refractivity contribution in [2.75, 3.05) is 18.1 Å². The number of esters is 1. The number of hydrogen-bond acceptors (Lipinski definition) is 5. The van der Waals surface area contributed by atoms with E-state index in [-0.39, 0.29) is 22.9 Å². The van der Waals surface area contributed by atoms with E-state index in [1.165, 1.54) is 11.0 Å². The molecule has 0 aliphatic carbocycles. The highest BCUT2D eigenvalue weighted by atomic mass is 35.5. The molecular weight excluding hydrogens is 455 g/mol. The lowest BCUT2D eigenvalue weighted by Crippen LogP contribution is -2.35. The molecule has 0 radical (unpaired) electrons. The first-order chi connectivity index (χ1) is 13.9. The van der Waals surface area contributed by atoms with Crippen LogP contribution in [0, 0.1) is 11.3 Å². The molecule has 3 rings (SSSR count). The number of anilines is 1. The molecule has 0 saturated carbocycles. The monoisotopic (exact) mass is 466 g/mol. The molecule has 9 heteroatoms. The predicted molar refractivity (Wildman–Crippen MR) is 116 cm³/mol. The topological polar surface area (TPSA) is 70.4 Å². The molecule has 148 valence electrons. The summed E-state index contributed by atoms with van der Waals surface area (Å²) < 4.78 is 5.83.